The topological polar surface area (TPSA) is 81.4 Å². The van der Waals surface area contributed by atoms with Gasteiger partial charge in [-0.3, -0.25) is 0 Å². The second-order valence-electron chi connectivity index (χ2n) is 12.8. The monoisotopic (exact) mass is 532 g/mol. The molecular formula is C34H40N6. The molecule has 2 saturated heterocycles. The maximum Gasteiger partial charge on any atom is 0.123 e. The van der Waals surface area contributed by atoms with E-state index in [1.807, 2.05) is 6.20 Å². The third-order valence-corrected chi connectivity index (χ3v) is 10.2. The van der Waals surface area contributed by atoms with E-state index in [2.05, 4.69) is 68.2 Å². The number of imidazole rings is 2. The Kier molecular flexibility index (Phi) is 6.14. The molecule has 2 unspecified atom stereocenters. The van der Waals surface area contributed by atoms with Gasteiger partial charge in [0, 0.05) is 5.56 Å². The fourth-order valence-electron chi connectivity index (χ4n) is 8.06. The summed E-state index contributed by atoms with van der Waals surface area (Å²) in [5, 5.41) is 7.14. The van der Waals surface area contributed by atoms with Crippen molar-refractivity contribution in [3.8, 4) is 33.6 Å². The van der Waals surface area contributed by atoms with Crippen LogP contribution in [-0.2, 0) is 12.8 Å². The van der Waals surface area contributed by atoms with Crippen LogP contribution in [0.4, 0.5) is 0 Å². The Labute approximate surface area is 236 Å². The van der Waals surface area contributed by atoms with Gasteiger partial charge in [-0.25, -0.2) is 9.97 Å². The summed E-state index contributed by atoms with van der Waals surface area (Å²) >= 11 is 0. The van der Waals surface area contributed by atoms with E-state index in [0.717, 1.165) is 36.9 Å². The molecule has 2 aliphatic carbocycles. The van der Waals surface area contributed by atoms with Crippen molar-refractivity contribution in [2.24, 2.45) is 5.41 Å². The summed E-state index contributed by atoms with van der Waals surface area (Å²) in [6, 6.07) is 14.6. The first-order valence-corrected chi connectivity index (χ1v) is 15.6. The Bertz CT molecular complexity index is 1490. The Morgan fingerprint density at radius 2 is 1.18 bits per heavy atom. The minimum atomic E-state index is 0.363. The number of hydrogen-bond donors (Lipinski definition) is 4. The molecule has 2 aliphatic heterocycles. The Hall–Kier alpha value is -3.22. The van der Waals surface area contributed by atoms with E-state index in [9.17, 15) is 0 Å². The second kappa shape index (κ2) is 10.0. The lowest BCUT2D eigenvalue weighted by Crippen LogP contribution is -2.24. The number of benzene rings is 2. The molecule has 3 fully saturated rings. The number of hydrogen-bond acceptors (Lipinski definition) is 4. The van der Waals surface area contributed by atoms with E-state index in [1.54, 1.807) is 11.1 Å². The Morgan fingerprint density at radius 1 is 0.600 bits per heavy atom. The van der Waals surface area contributed by atoms with Gasteiger partial charge >= 0.3 is 0 Å². The molecule has 0 amide bonds. The molecule has 206 valence electrons. The molecule has 1 spiro atoms. The van der Waals surface area contributed by atoms with Crippen LogP contribution in [-0.4, -0.2) is 33.0 Å². The van der Waals surface area contributed by atoms with Crippen molar-refractivity contribution in [3.05, 3.63) is 71.6 Å². The zero-order chi connectivity index (χ0) is 26.5. The number of nitrogens with zero attached hydrogens (tertiary/aromatic N) is 2. The predicted molar refractivity (Wildman–Crippen MR) is 160 cm³/mol. The zero-order valence-electron chi connectivity index (χ0n) is 23.4. The third-order valence-electron chi connectivity index (χ3n) is 10.2. The van der Waals surface area contributed by atoms with Gasteiger partial charge in [0.05, 0.1) is 35.9 Å². The highest BCUT2D eigenvalue weighted by molar-refractivity contribution is 5.78. The van der Waals surface area contributed by atoms with E-state index < -0.39 is 0 Å². The minimum absolute atomic E-state index is 0.363. The predicted octanol–water partition coefficient (Wildman–Crippen LogP) is 7.03. The van der Waals surface area contributed by atoms with E-state index >= 15 is 0 Å². The summed E-state index contributed by atoms with van der Waals surface area (Å²) in [7, 11) is 0. The molecule has 6 nitrogen and oxygen atoms in total. The van der Waals surface area contributed by atoms with Crippen molar-refractivity contribution in [3.63, 3.8) is 0 Å². The smallest absolute Gasteiger partial charge is 0.123 e. The molecule has 0 radical (unpaired) electrons. The molecule has 2 aromatic heterocycles. The maximum atomic E-state index is 4.82. The molecular weight excluding hydrogens is 492 g/mol. The first-order valence-electron chi connectivity index (χ1n) is 15.6. The van der Waals surface area contributed by atoms with Crippen molar-refractivity contribution in [2.75, 3.05) is 13.1 Å². The first-order chi connectivity index (χ1) is 19.7. The molecule has 0 bridgehead atoms. The molecule has 4 aliphatic rings. The number of rotatable bonds is 5. The normalized spacial score (nSPS) is 23.7. The van der Waals surface area contributed by atoms with E-state index in [-0.39, 0.29) is 0 Å². The molecule has 1 saturated carbocycles. The van der Waals surface area contributed by atoms with E-state index in [4.69, 9.17) is 4.98 Å². The van der Waals surface area contributed by atoms with Crippen LogP contribution in [0.5, 0.6) is 0 Å². The number of fused-ring (bicyclic) bond motifs is 1. The molecule has 4 heterocycles. The van der Waals surface area contributed by atoms with Crippen molar-refractivity contribution in [2.45, 2.75) is 82.7 Å². The fraction of sp³-hybridized carbons (Fsp3) is 0.471. The van der Waals surface area contributed by atoms with Crippen LogP contribution >= 0.6 is 0 Å². The zero-order valence-corrected chi connectivity index (χ0v) is 23.4. The molecule has 2 atom stereocenters. The molecule has 8 rings (SSSR count). The lowest BCUT2D eigenvalue weighted by molar-refractivity contribution is 0.203. The lowest BCUT2D eigenvalue weighted by atomic mass is 9.72. The maximum absolute atomic E-state index is 4.82. The molecule has 4 N–H and O–H groups in total. The van der Waals surface area contributed by atoms with Gasteiger partial charge in [0.2, 0.25) is 0 Å². The minimum Gasteiger partial charge on any atom is -0.341 e. The number of H-pyrrole nitrogens is 2. The Morgan fingerprint density at radius 3 is 1.82 bits per heavy atom. The average Bonchev–Trinajstić information content (AvgIpc) is 3.82. The van der Waals surface area contributed by atoms with Crippen LogP contribution in [0.1, 0.15) is 92.6 Å². The highest BCUT2D eigenvalue weighted by Gasteiger charge is 2.40. The van der Waals surface area contributed by atoms with Crippen LogP contribution in [0.25, 0.3) is 33.6 Å². The number of aromatic nitrogens is 4. The first kappa shape index (κ1) is 24.6. The van der Waals surface area contributed by atoms with Crippen LogP contribution in [0.15, 0.2) is 48.8 Å². The lowest BCUT2D eigenvalue weighted by Gasteiger charge is -2.33. The van der Waals surface area contributed by atoms with Gasteiger partial charge in [0.25, 0.3) is 0 Å². The largest absolute Gasteiger partial charge is 0.341 e. The van der Waals surface area contributed by atoms with E-state index in [0.29, 0.717) is 17.5 Å². The fourth-order valence-corrected chi connectivity index (χ4v) is 8.06. The van der Waals surface area contributed by atoms with Crippen molar-refractivity contribution in [1.29, 1.82) is 0 Å². The molecule has 2 aromatic carbocycles. The van der Waals surface area contributed by atoms with Gasteiger partial charge in [-0.05, 0) is 97.7 Å². The highest BCUT2D eigenvalue weighted by atomic mass is 15.0. The van der Waals surface area contributed by atoms with Crippen LogP contribution in [0.2, 0.25) is 0 Å². The van der Waals surface area contributed by atoms with Crippen molar-refractivity contribution < 1.29 is 0 Å². The number of aromatic amines is 2. The average molecular weight is 533 g/mol. The van der Waals surface area contributed by atoms with Crippen LogP contribution in [0, 0.1) is 5.41 Å². The third kappa shape index (κ3) is 4.33. The van der Waals surface area contributed by atoms with Gasteiger partial charge in [0.1, 0.15) is 11.6 Å². The summed E-state index contributed by atoms with van der Waals surface area (Å²) in [6.07, 6.45) is 18.1. The molecule has 6 heteroatoms. The van der Waals surface area contributed by atoms with Gasteiger partial charge < -0.3 is 20.6 Å². The van der Waals surface area contributed by atoms with Crippen molar-refractivity contribution >= 4 is 0 Å². The SMILES string of the molecule is c1cc(-c2ccc(-c3cnc(C4CCCN4)[nH]3)c3c2CC2(CCCCC2)C3)ccc1-c1cnc(C2CCCN2)[nH]1. The summed E-state index contributed by atoms with van der Waals surface area (Å²) in [5.41, 5.74) is 11.1. The van der Waals surface area contributed by atoms with Gasteiger partial charge in [0.15, 0.2) is 0 Å². The van der Waals surface area contributed by atoms with Gasteiger partial charge in [-0.2, -0.15) is 0 Å². The van der Waals surface area contributed by atoms with Gasteiger partial charge in [-0.15, -0.1) is 0 Å². The van der Waals surface area contributed by atoms with Crippen LogP contribution < -0.4 is 10.6 Å². The second-order valence-corrected chi connectivity index (χ2v) is 12.8. The highest BCUT2D eigenvalue weighted by Crippen LogP contribution is 2.52. The molecule has 4 aromatic rings. The van der Waals surface area contributed by atoms with Gasteiger partial charge in [-0.1, -0.05) is 55.7 Å². The summed E-state index contributed by atoms with van der Waals surface area (Å²) in [6.45, 7) is 2.17. The van der Waals surface area contributed by atoms with E-state index in [1.165, 1.54) is 92.2 Å². The Balaban J connectivity index is 1.13. The quantitative estimate of drug-likeness (QED) is 0.222. The van der Waals surface area contributed by atoms with Crippen molar-refractivity contribution in [1.82, 2.24) is 30.6 Å². The summed E-state index contributed by atoms with van der Waals surface area (Å²) < 4.78 is 0. The molecule has 40 heavy (non-hydrogen) atoms. The summed E-state index contributed by atoms with van der Waals surface area (Å²) in [5.74, 6) is 2.16. The standard InChI is InChI=1S/C34H40N6/c1-2-14-34(15-3-1)18-26-24(12-13-25(27(26)19-34)31-21-38-33(40-31)29-7-5-17-36-29)22-8-10-23(11-9-22)30-20-37-32(39-30)28-6-4-16-35-28/h8-13,20-21,28-29,35-36H,1-7,14-19H2,(H,37,39)(H,38,40). The van der Waals surface area contributed by atoms with Crippen LogP contribution in [0.3, 0.4) is 0 Å². The number of nitrogens with one attached hydrogen (secondary N) is 4. The summed E-state index contributed by atoms with van der Waals surface area (Å²) in [4.78, 5) is 16.8.